The van der Waals surface area contributed by atoms with Crippen molar-refractivity contribution >= 4 is 5.78 Å². The number of aryl methyl sites for hydroxylation is 1. The Morgan fingerprint density at radius 3 is 2.43 bits per heavy atom. The maximum Gasteiger partial charge on any atom is 0.228 e. The minimum atomic E-state index is -0.137. The fraction of sp³-hybridized carbons (Fsp3) is 0.0556. The van der Waals surface area contributed by atoms with E-state index >= 15 is 0 Å². The molecule has 0 fully saturated rings. The Morgan fingerprint density at radius 1 is 0.952 bits per heavy atom. The summed E-state index contributed by atoms with van der Waals surface area (Å²) in [6, 6.07) is 18.2. The molecule has 0 bridgehead atoms. The van der Waals surface area contributed by atoms with Crippen LogP contribution in [0.25, 0.3) is 0 Å². The predicted molar refractivity (Wildman–Crippen MR) is 79.8 cm³/mol. The van der Waals surface area contributed by atoms with Gasteiger partial charge in [-0.1, -0.05) is 12.1 Å². The first kappa shape index (κ1) is 13.2. The summed E-state index contributed by atoms with van der Waals surface area (Å²) in [5.74, 6) is 1.67. The normalized spacial score (nSPS) is 10.3. The number of carbonyl (C=O) groups excluding carboxylic acids is 1. The van der Waals surface area contributed by atoms with Gasteiger partial charge in [-0.2, -0.15) is 0 Å². The SMILES string of the molecule is Cc1cccc(Oc2ccc(C(=O)c3ccco3)cc2)c1. The van der Waals surface area contributed by atoms with E-state index in [9.17, 15) is 4.79 Å². The summed E-state index contributed by atoms with van der Waals surface area (Å²) in [5.41, 5.74) is 1.71. The molecule has 1 heterocycles. The van der Waals surface area contributed by atoms with E-state index in [4.69, 9.17) is 9.15 Å². The van der Waals surface area contributed by atoms with E-state index in [1.807, 2.05) is 31.2 Å². The summed E-state index contributed by atoms with van der Waals surface area (Å²) >= 11 is 0. The molecule has 0 aliphatic heterocycles. The van der Waals surface area contributed by atoms with Crippen LogP contribution in [-0.4, -0.2) is 5.78 Å². The van der Waals surface area contributed by atoms with Crippen molar-refractivity contribution in [3.05, 3.63) is 83.8 Å². The Kier molecular flexibility index (Phi) is 3.56. The number of benzene rings is 2. The van der Waals surface area contributed by atoms with E-state index in [1.165, 1.54) is 6.26 Å². The van der Waals surface area contributed by atoms with Crippen LogP contribution in [0.3, 0.4) is 0 Å². The van der Waals surface area contributed by atoms with Gasteiger partial charge in [0.15, 0.2) is 5.76 Å². The van der Waals surface area contributed by atoms with Gasteiger partial charge in [-0.25, -0.2) is 0 Å². The van der Waals surface area contributed by atoms with Gasteiger partial charge >= 0.3 is 0 Å². The largest absolute Gasteiger partial charge is 0.461 e. The zero-order valence-corrected chi connectivity index (χ0v) is 11.6. The average Bonchev–Trinajstić information content (AvgIpc) is 3.01. The second kappa shape index (κ2) is 5.67. The molecule has 0 unspecified atom stereocenters. The van der Waals surface area contributed by atoms with Gasteiger partial charge in [0.2, 0.25) is 5.78 Å². The van der Waals surface area contributed by atoms with E-state index < -0.39 is 0 Å². The molecule has 3 nitrogen and oxygen atoms in total. The smallest absolute Gasteiger partial charge is 0.228 e. The fourth-order valence-electron chi connectivity index (χ4n) is 2.04. The third-order valence-electron chi connectivity index (χ3n) is 3.09. The number of hydrogen-bond donors (Lipinski definition) is 0. The highest BCUT2D eigenvalue weighted by atomic mass is 16.5. The summed E-state index contributed by atoms with van der Waals surface area (Å²) in [5, 5.41) is 0. The van der Waals surface area contributed by atoms with Crippen molar-refractivity contribution in [2.45, 2.75) is 6.92 Å². The molecule has 0 radical (unpaired) electrons. The van der Waals surface area contributed by atoms with Crippen LogP contribution in [-0.2, 0) is 0 Å². The number of rotatable bonds is 4. The molecule has 0 saturated heterocycles. The Bertz CT molecular complexity index is 740. The van der Waals surface area contributed by atoms with Crippen LogP contribution in [0.4, 0.5) is 0 Å². The van der Waals surface area contributed by atoms with Crippen molar-refractivity contribution in [2.75, 3.05) is 0 Å². The number of hydrogen-bond acceptors (Lipinski definition) is 3. The van der Waals surface area contributed by atoms with Crippen LogP contribution in [0.15, 0.2) is 71.3 Å². The van der Waals surface area contributed by atoms with Gasteiger partial charge in [0.1, 0.15) is 11.5 Å². The Hall–Kier alpha value is -2.81. The zero-order valence-electron chi connectivity index (χ0n) is 11.6. The molecule has 2 aromatic carbocycles. The van der Waals surface area contributed by atoms with Gasteiger partial charge in [0.05, 0.1) is 6.26 Å². The molecule has 21 heavy (non-hydrogen) atoms. The van der Waals surface area contributed by atoms with Crippen LogP contribution >= 0.6 is 0 Å². The zero-order chi connectivity index (χ0) is 14.7. The van der Waals surface area contributed by atoms with Crippen LogP contribution in [0.1, 0.15) is 21.7 Å². The number of ether oxygens (including phenoxy) is 1. The number of carbonyl (C=O) groups is 1. The minimum Gasteiger partial charge on any atom is -0.461 e. The lowest BCUT2D eigenvalue weighted by molar-refractivity contribution is 0.101. The molecule has 1 aromatic heterocycles. The molecule has 0 aliphatic rings. The molecule has 3 rings (SSSR count). The Morgan fingerprint density at radius 2 is 1.76 bits per heavy atom. The average molecular weight is 278 g/mol. The van der Waals surface area contributed by atoms with Crippen molar-refractivity contribution in [1.82, 2.24) is 0 Å². The van der Waals surface area contributed by atoms with Gasteiger partial charge in [-0.15, -0.1) is 0 Å². The fourth-order valence-corrected chi connectivity index (χ4v) is 2.04. The van der Waals surface area contributed by atoms with Crippen LogP contribution in [0, 0.1) is 6.92 Å². The number of furan rings is 1. The second-order valence-corrected chi connectivity index (χ2v) is 4.75. The van der Waals surface area contributed by atoms with Crippen LogP contribution < -0.4 is 4.74 Å². The third-order valence-corrected chi connectivity index (χ3v) is 3.09. The highest BCUT2D eigenvalue weighted by Crippen LogP contribution is 2.23. The van der Waals surface area contributed by atoms with Crippen molar-refractivity contribution in [3.63, 3.8) is 0 Å². The van der Waals surface area contributed by atoms with Crippen molar-refractivity contribution < 1.29 is 13.9 Å². The molecule has 104 valence electrons. The monoisotopic (exact) mass is 278 g/mol. The van der Waals surface area contributed by atoms with Gasteiger partial charge < -0.3 is 9.15 Å². The number of ketones is 1. The first-order valence-corrected chi connectivity index (χ1v) is 6.65. The Balaban J connectivity index is 1.77. The molecule has 3 heteroatoms. The highest BCUT2D eigenvalue weighted by Gasteiger charge is 2.11. The lowest BCUT2D eigenvalue weighted by atomic mass is 10.1. The standard InChI is InChI=1S/C18H14O3/c1-13-4-2-5-16(12-13)21-15-9-7-14(8-10-15)18(19)17-6-3-11-20-17/h2-12H,1H3. The Labute approximate surface area is 122 Å². The first-order chi connectivity index (χ1) is 10.2. The second-order valence-electron chi connectivity index (χ2n) is 4.75. The van der Waals surface area contributed by atoms with Gasteiger partial charge in [0.25, 0.3) is 0 Å². The molecular weight excluding hydrogens is 264 g/mol. The topological polar surface area (TPSA) is 39.4 Å². The van der Waals surface area contributed by atoms with E-state index in [0.717, 1.165) is 11.3 Å². The first-order valence-electron chi connectivity index (χ1n) is 6.65. The van der Waals surface area contributed by atoms with E-state index in [1.54, 1.807) is 36.4 Å². The van der Waals surface area contributed by atoms with Crippen molar-refractivity contribution in [2.24, 2.45) is 0 Å². The molecule has 0 atom stereocenters. The summed E-state index contributed by atoms with van der Waals surface area (Å²) in [6.45, 7) is 2.01. The van der Waals surface area contributed by atoms with E-state index in [-0.39, 0.29) is 5.78 Å². The lowest BCUT2D eigenvalue weighted by Gasteiger charge is -2.06. The van der Waals surface area contributed by atoms with Crippen molar-refractivity contribution in [1.29, 1.82) is 0 Å². The minimum absolute atomic E-state index is 0.137. The molecular formula is C18H14O3. The molecule has 0 spiro atoms. The van der Waals surface area contributed by atoms with Crippen molar-refractivity contribution in [3.8, 4) is 11.5 Å². The molecule has 3 aromatic rings. The summed E-state index contributed by atoms with van der Waals surface area (Å²) < 4.78 is 10.9. The van der Waals surface area contributed by atoms with Crippen LogP contribution in [0.5, 0.6) is 11.5 Å². The molecule has 0 saturated carbocycles. The summed E-state index contributed by atoms with van der Waals surface area (Å²) in [4.78, 5) is 12.1. The molecule has 0 aliphatic carbocycles. The molecule has 0 N–H and O–H groups in total. The summed E-state index contributed by atoms with van der Waals surface area (Å²) in [7, 11) is 0. The van der Waals surface area contributed by atoms with Gasteiger partial charge in [-0.3, -0.25) is 4.79 Å². The maximum absolute atomic E-state index is 12.1. The maximum atomic E-state index is 12.1. The van der Waals surface area contributed by atoms with E-state index in [2.05, 4.69) is 0 Å². The predicted octanol–water partition coefficient (Wildman–Crippen LogP) is 4.61. The van der Waals surface area contributed by atoms with E-state index in [0.29, 0.717) is 17.1 Å². The molecule has 0 amide bonds. The van der Waals surface area contributed by atoms with Gasteiger partial charge in [-0.05, 0) is 61.0 Å². The quantitative estimate of drug-likeness (QED) is 0.654. The highest BCUT2D eigenvalue weighted by molar-refractivity contribution is 6.07. The lowest BCUT2D eigenvalue weighted by Crippen LogP contribution is -1.99. The van der Waals surface area contributed by atoms with Crippen LogP contribution in [0.2, 0.25) is 0 Å². The third kappa shape index (κ3) is 3.03. The van der Waals surface area contributed by atoms with Gasteiger partial charge in [0, 0.05) is 5.56 Å². The summed E-state index contributed by atoms with van der Waals surface area (Å²) in [6.07, 6.45) is 1.49.